The SMILES string of the molecule is COCC1OC(n2cnc3c(NCC(c4ccccc4)c4ccccc4)nc(CNC4CN(C(c5ccccc5)c5ccccc5)C4)nc32)C(O)C1O. The van der Waals surface area contributed by atoms with Gasteiger partial charge in [-0.1, -0.05) is 121 Å². The van der Waals surface area contributed by atoms with Gasteiger partial charge in [0.25, 0.3) is 0 Å². The smallest absolute Gasteiger partial charge is 0.168 e. The lowest BCUT2D eigenvalue weighted by Gasteiger charge is -2.45. The zero-order valence-electron chi connectivity index (χ0n) is 29.6. The first kappa shape index (κ1) is 35.0. The summed E-state index contributed by atoms with van der Waals surface area (Å²) in [6, 6.07) is 42.5. The molecule has 272 valence electrons. The van der Waals surface area contributed by atoms with E-state index >= 15 is 0 Å². The predicted octanol–water partition coefficient (Wildman–Crippen LogP) is 4.90. The number of nitrogens with one attached hydrogen (secondary N) is 2. The minimum atomic E-state index is -1.19. The molecule has 2 aromatic heterocycles. The van der Waals surface area contributed by atoms with Gasteiger partial charge in [-0.2, -0.15) is 0 Å². The second kappa shape index (κ2) is 15.9. The van der Waals surface area contributed by atoms with Gasteiger partial charge in [0.1, 0.15) is 24.1 Å². The maximum atomic E-state index is 11.0. The summed E-state index contributed by atoms with van der Waals surface area (Å²) in [5.41, 5.74) is 5.97. The van der Waals surface area contributed by atoms with Crippen LogP contribution in [-0.4, -0.2) is 92.3 Å². The van der Waals surface area contributed by atoms with Crippen LogP contribution in [-0.2, 0) is 16.0 Å². The molecular formula is C42H45N7O4. The van der Waals surface area contributed by atoms with Crippen molar-refractivity contribution in [2.45, 2.75) is 49.1 Å². The third-order valence-electron chi connectivity index (χ3n) is 10.3. The zero-order valence-corrected chi connectivity index (χ0v) is 29.6. The topological polar surface area (TPSA) is 130 Å². The standard InChI is InChI=1S/C42H45N7O4/c1-52-26-34-38(50)39(51)42(53-34)49-27-45-36-40(44-22-33(28-14-6-2-7-15-28)29-16-8-3-9-17-29)46-35(47-41(36)49)23-43-32-24-48(25-32)37(30-18-10-4-11-19-30)31-20-12-5-13-21-31/h2-21,27,32-34,37-39,42-43,50-51H,22-26H2,1H3,(H,44,46,47). The van der Waals surface area contributed by atoms with E-state index in [0.717, 1.165) is 13.1 Å². The summed E-state index contributed by atoms with van der Waals surface area (Å²) in [4.78, 5) is 17.2. The fraction of sp³-hybridized carbons (Fsp3) is 0.310. The number of likely N-dealkylation sites (tertiary alicyclic amines) is 1. The van der Waals surface area contributed by atoms with Gasteiger partial charge < -0.3 is 30.3 Å². The Morgan fingerprint density at radius 3 is 1.91 bits per heavy atom. The van der Waals surface area contributed by atoms with Gasteiger partial charge in [-0.3, -0.25) is 9.47 Å². The fourth-order valence-electron chi connectivity index (χ4n) is 7.58. The molecule has 2 fully saturated rings. The molecule has 2 aliphatic heterocycles. The maximum absolute atomic E-state index is 11.0. The molecule has 4 N–H and O–H groups in total. The van der Waals surface area contributed by atoms with E-state index in [1.807, 2.05) is 12.1 Å². The normalized spacial score (nSPS) is 20.7. The highest BCUT2D eigenvalue weighted by Gasteiger charge is 2.44. The number of aliphatic hydroxyl groups is 2. The van der Waals surface area contributed by atoms with Crippen LogP contribution in [0.3, 0.4) is 0 Å². The van der Waals surface area contributed by atoms with Crippen molar-refractivity contribution >= 4 is 17.0 Å². The molecule has 4 unspecified atom stereocenters. The van der Waals surface area contributed by atoms with E-state index in [1.54, 1.807) is 10.9 Å². The van der Waals surface area contributed by atoms with Gasteiger partial charge >= 0.3 is 0 Å². The Kier molecular flexibility index (Phi) is 10.5. The number of imidazole rings is 1. The minimum absolute atomic E-state index is 0.0548. The third kappa shape index (κ3) is 7.45. The minimum Gasteiger partial charge on any atom is -0.387 e. The van der Waals surface area contributed by atoms with Crippen molar-refractivity contribution in [3.8, 4) is 0 Å². The van der Waals surface area contributed by atoms with Gasteiger partial charge in [-0.15, -0.1) is 0 Å². The fourth-order valence-corrected chi connectivity index (χ4v) is 7.58. The highest BCUT2D eigenvalue weighted by atomic mass is 16.6. The van der Waals surface area contributed by atoms with Gasteiger partial charge in [-0.05, 0) is 22.3 Å². The van der Waals surface area contributed by atoms with E-state index in [-0.39, 0.29) is 24.6 Å². The average Bonchev–Trinajstić information content (AvgIpc) is 3.73. The molecule has 11 nitrogen and oxygen atoms in total. The summed E-state index contributed by atoms with van der Waals surface area (Å²) in [6.07, 6.45) is -2.29. The van der Waals surface area contributed by atoms with Gasteiger partial charge in [-0.25, -0.2) is 15.0 Å². The second-order valence-electron chi connectivity index (χ2n) is 13.8. The second-order valence-corrected chi connectivity index (χ2v) is 13.8. The Hall–Kier alpha value is -5.01. The Morgan fingerprint density at radius 1 is 0.774 bits per heavy atom. The molecule has 4 heterocycles. The van der Waals surface area contributed by atoms with Crippen LogP contribution in [0.15, 0.2) is 128 Å². The molecule has 0 amide bonds. The van der Waals surface area contributed by atoms with Gasteiger partial charge in [0.15, 0.2) is 23.2 Å². The molecule has 0 radical (unpaired) electrons. The average molecular weight is 712 g/mol. The molecule has 0 spiro atoms. The summed E-state index contributed by atoms with van der Waals surface area (Å²) in [7, 11) is 1.54. The van der Waals surface area contributed by atoms with Crippen molar-refractivity contribution in [3.05, 3.63) is 156 Å². The van der Waals surface area contributed by atoms with Crippen molar-refractivity contribution in [1.82, 2.24) is 29.7 Å². The summed E-state index contributed by atoms with van der Waals surface area (Å²) in [5.74, 6) is 1.23. The van der Waals surface area contributed by atoms with E-state index in [4.69, 9.17) is 24.4 Å². The number of hydrogen-bond donors (Lipinski definition) is 4. The third-order valence-corrected chi connectivity index (χ3v) is 10.3. The van der Waals surface area contributed by atoms with E-state index in [2.05, 4.69) is 125 Å². The highest BCUT2D eigenvalue weighted by Crippen LogP contribution is 2.35. The van der Waals surface area contributed by atoms with Crippen LogP contribution < -0.4 is 10.6 Å². The molecule has 8 rings (SSSR count). The number of hydrogen-bond acceptors (Lipinski definition) is 10. The molecule has 2 aliphatic rings. The predicted molar refractivity (Wildman–Crippen MR) is 203 cm³/mol. The zero-order chi connectivity index (χ0) is 36.1. The summed E-state index contributed by atoms with van der Waals surface area (Å²) in [6.45, 7) is 2.88. The summed E-state index contributed by atoms with van der Waals surface area (Å²) < 4.78 is 13.0. The van der Waals surface area contributed by atoms with Crippen molar-refractivity contribution in [1.29, 1.82) is 0 Å². The molecule has 6 aromatic rings. The highest BCUT2D eigenvalue weighted by molar-refractivity contribution is 5.83. The summed E-state index contributed by atoms with van der Waals surface area (Å²) >= 11 is 0. The lowest BCUT2D eigenvalue weighted by molar-refractivity contribution is -0.0580. The van der Waals surface area contributed by atoms with E-state index in [9.17, 15) is 10.2 Å². The van der Waals surface area contributed by atoms with E-state index < -0.39 is 24.5 Å². The van der Waals surface area contributed by atoms with E-state index in [1.165, 1.54) is 29.4 Å². The molecule has 0 saturated carbocycles. The Bertz CT molecular complexity index is 1980. The number of aliphatic hydroxyl groups excluding tert-OH is 2. The molecule has 0 bridgehead atoms. The quantitative estimate of drug-likeness (QED) is 0.124. The molecular weight excluding hydrogens is 667 g/mol. The Balaban J connectivity index is 1.05. The largest absolute Gasteiger partial charge is 0.387 e. The Labute approximate surface area is 309 Å². The van der Waals surface area contributed by atoms with E-state index in [0.29, 0.717) is 35.9 Å². The van der Waals surface area contributed by atoms with Crippen LogP contribution in [0.4, 0.5) is 5.82 Å². The van der Waals surface area contributed by atoms with Crippen LogP contribution in [0.2, 0.25) is 0 Å². The van der Waals surface area contributed by atoms with Gasteiger partial charge in [0, 0.05) is 38.7 Å². The number of aromatic nitrogens is 4. The number of ether oxygens (including phenoxy) is 2. The molecule has 2 saturated heterocycles. The number of methoxy groups -OCH3 is 1. The van der Waals surface area contributed by atoms with Crippen molar-refractivity contribution in [2.24, 2.45) is 0 Å². The molecule has 53 heavy (non-hydrogen) atoms. The number of fused-ring (bicyclic) bond motifs is 1. The maximum Gasteiger partial charge on any atom is 0.168 e. The number of anilines is 1. The lowest BCUT2D eigenvalue weighted by atomic mass is 9.91. The van der Waals surface area contributed by atoms with Crippen molar-refractivity contribution in [2.75, 3.05) is 38.7 Å². The lowest BCUT2D eigenvalue weighted by Crippen LogP contribution is -2.58. The summed E-state index contributed by atoms with van der Waals surface area (Å²) in [5, 5.41) is 29.1. The van der Waals surface area contributed by atoms with Crippen LogP contribution in [0.25, 0.3) is 11.2 Å². The first-order valence-corrected chi connectivity index (χ1v) is 18.2. The monoisotopic (exact) mass is 711 g/mol. The number of rotatable bonds is 14. The van der Waals surface area contributed by atoms with Gasteiger partial charge in [0.2, 0.25) is 0 Å². The van der Waals surface area contributed by atoms with Crippen LogP contribution in [0.5, 0.6) is 0 Å². The van der Waals surface area contributed by atoms with Crippen LogP contribution in [0.1, 0.15) is 46.3 Å². The van der Waals surface area contributed by atoms with Crippen molar-refractivity contribution < 1.29 is 19.7 Å². The van der Waals surface area contributed by atoms with Gasteiger partial charge in [0.05, 0.1) is 25.5 Å². The van der Waals surface area contributed by atoms with Crippen LogP contribution >= 0.6 is 0 Å². The molecule has 11 heteroatoms. The molecule has 0 aliphatic carbocycles. The van der Waals surface area contributed by atoms with Crippen LogP contribution in [0, 0.1) is 0 Å². The number of nitrogens with zero attached hydrogens (tertiary/aromatic N) is 5. The molecule has 4 aromatic carbocycles. The molecule has 4 atom stereocenters. The van der Waals surface area contributed by atoms with Crippen molar-refractivity contribution in [3.63, 3.8) is 0 Å². The first-order chi connectivity index (χ1) is 26.1. The first-order valence-electron chi connectivity index (χ1n) is 18.2. The number of benzene rings is 4. The Morgan fingerprint density at radius 2 is 1.34 bits per heavy atom.